The summed E-state index contributed by atoms with van der Waals surface area (Å²) in [4.78, 5) is 11.3. The summed E-state index contributed by atoms with van der Waals surface area (Å²) in [5.74, 6) is 0.746. The lowest BCUT2D eigenvalue weighted by molar-refractivity contribution is -0.143. The van der Waals surface area contributed by atoms with Crippen molar-refractivity contribution >= 4 is 5.97 Å². The van der Waals surface area contributed by atoms with Crippen LogP contribution in [0.1, 0.15) is 31.7 Å². The molecule has 0 unspecified atom stereocenters. The third-order valence-corrected chi connectivity index (χ3v) is 2.74. The van der Waals surface area contributed by atoms with Crippen LogP contribution in [0.4, 0.5) is 0 Å². The Morgan fingerprint density at radius 1 is 1.37 bits per heavy atom. The number of hydrogen-bond acceptors (Lipinski definition) is 4. The number of benzene rings is 1. The number of rotatable bonds is 9. The van der Waals surface area contributed by atoms with Crippen LogP contribution in [0, 0.1) is 0 Å². The third-order valence-electron chi connectivity index (χ3n) is 2.74. The lowest BCUT2D eigenvalue weighted by Crippen LogP contribution is -2.21. The quantitative estimate of drug-likeness (QED) is 0.550. The maximum atomic E-state index is 11.3. The molecule has 0 saturated carbocycles. The van der Waals surface area contributed by atoms with Gasteiger partial charge in [0.25, 0.3) is 0 Å². The summed E-state index contributed by atoms with van der Waals surface area (Å²) in [6.45, 7) is 3.88. The number of carbonyl (C=O) groups excluding carboxylic acids is 1. The van der Waals surface area contributed by atoms with Crippen molar-refractivity contribution in [3.05, 3.63) is 29.8 Å². The minimum absolute atomic E-state index is 0.106. The molecule has 0 heterocycles. The van der Waals surface area contributed by atoms with E-state index in [0.717, 1.165) is 30.7 Å². The lowest BCUT2D eigenvalue weighted by atomic mass is 10.2. The van der Waals surface area contributed by atoms with Crippen molar-refractivity contribution in [1.29, 1.82) is 0 Å². The summed E-state index contributed by atoms with van der Waals surface area (Å²) in [5, 5.41) is 3.23. The van der Waals surface area contributed by atoms with Crippen LogP contribution < -0.4 is 10.1 Å². The minimum Gasteiger partial charge on any atom is -0.497 e. The van der Waals surface area contributed by atoms with Crippen LogP contribution in [0.3, 0.4) is 0 Å². The van der Waals surface area contributed by atoms with Crippen molar-refractivity contribution in [3.63, 3.8) is 0 Å². The maximum Gasteiger partial charge on any atom is 0.305 e. The zero-order valence-electron chi connectivity index (χ0n) is 11.8. The van der Waals surface area contributed by atoms with Crippen molar-refractivity contribution in [2.45, 2.75) is 32.7 Å². The van der Waals surface area contributed by atoms with Crippen LogP contribution in [0.5, 0.6) is 5.75 Å². The summed E-state index contributed by atoms with van der Waals surface area (Å²) in [6, 6.07) is 7.89. The molecule has 0 aliphatic heterocycles. The number of nitrogens with one attached hydrogen (secondary N) is 1. The third kappa shape index (κ3) is 6.82. The first kappa shape index (κ1) is 15.5. The SMILES string of the molecule is CCCCC(=O)OCCNCc1cccc(OC)c1. The van der Waals surface area contributed by atoms with E-state index >= 15 is 0 Å². The Hall–Kier alpha value is -1.55. The molecular formula is C15H23NO3. The number of esters is 1. The van der Waals surface area contributed by atoms with E-state index in [9.17, 15) is 4.79 Å². The molecule has 0 bridgehead atoms. The van der Waals surface area contributed by atoms with Crippen LogP contribution in [0.15, 0.2) is 24.3 Å². The molecule has 0 fully saturated rings. The van der Waals surface area contributed by atoms with Gasteiger partial charge in [-0.15, -0.1) is 0 Å². The second-order valence-corrected chi connectivity index (χ2v) is 4.35. The Labute approximate surface area is 115 Å². The van der Waals surface area contributed by atoms with Crippen molar-refractivity contribution < 1.29 is 14.3 Å². The number of ether oxygens (including phenoxy) is 2. The van der Waals surface area contributed by atoms with E-state index in [2.05, 4.69) is 12.2 Å². The molecule has 1 N–H and O–H groups in total. The van der Waals surface area contributed by atoms with Gasteiger partial charge < -0.3 is 14.8 Å². The van der Waals surface area contributed by atoms with Gasteiger partial charge in [-0.3, -0.25) is 4.79 Å². The fourth-order valence-electron chi connectivity index (χ4n) is 1.65. The zero-order chi connectivity index (χ0) is 13.9. The van der Waals surface area contributed by atoms with Crippen LogP contribution in [-0.4, -0.2) is 26.2 Å². The first-order valence-electron chi connectivity index (χ1n) is 6.75. The zero-order valence-corrected chi connectivity index (χ0v) is 11.8. The van der Waals surface area contributed by atoms with Gasteiger partial charge in [-0.1, -0.05) is 25.5 Å². The molecule has 0 aliphatic carbocycles. The largest absolute Gasteiger partial charge is 0.497 e. The molecule has 4 heteroatoms. The van der Waals surface area contributed by atoms with E-state index in [-0.39, 0.29) is 5.97 Å². The summed E-state index contributed by atoms with van der Waals surface area (Å²) < 4.78 is 10.3. The predicted octanol–water partition coefficient (Wildman–Crippen LogP) is 2.52. The Morgan fingerprint density at radius 2 is 2.21 bits per heavy atom. The number of unbranched alkanes of at least 4 members (excludes halogenated alkanes) is 1. The fourth-order valence-corrected chi connectivity index (χ4v) is 1.65. The highest BCUT2D eigenvalue weighted by Crippen LogP contribution is 2.11. The molecule has 1 aromatic carbocycles. The highest BCUT2D eigenvalue weighted by atomic mass is 16.5. The minimum atomic E-state index is -0.106. The van der Waals surface area contributed by atoms with Crippen LogP contribution in [-0.2, 0) is 16.1 Å². The Kier molecular flexibility index (Phi) is 7.66. The normalized spacial score (nSPS) is 10.2. The van der Waals surface area contributed by atoms with Crippen molar-refractivity contribution in [1.82, 2.24) is 5.32 Å². The molecule has 1 rings (SSSR count). The molecule has 0 amide bonds. The summed E-state index contributed by atoms with van der Waals surface area (Å²) in [6.07, 6.45) is 2.44. The lowest BCUT2D eigenvalue weighted by Gasteiger charge is -2.07. The molecule has 0 saturated heterocycles. The second-order valence-electron chi connectivity index (χ2n) is 4.35. The topological polar surface area (TPSA) is 47.6 Å². The molecule has 0 radical (unpaired) electrons. The van der Waals surface area contributed by atoms with Gasteiger partial charge >= 0.3 is 5.97 Å². The van der Waals surface area contributed by atoms with E-state index < -0.39 is 0 Å². The molecule has 0 aliphatic rings. The van der Waals surface area contributed by atoms with Crippen LogP contribution in [0.2, 0.25) is 0 Å². The standard InChI is InChI=1S/C15H23NO3/c1-3-4-8-15(17)19-10-9-16-12-13-6-5-7-14(11-13)18-2/h5-7,11,16H,3-4,8-10,12H2,1-2H3. The molecule has 0 atom stereocenters. The highest BCUT2D eigenvalue weighted by Gasteiger charge is 2.01. The molecule has 1 aromatic rings. The fraction of sp³-hybridized carbons (Fsp3) is 0.533. The van der Waals surface area contributed by atoms with Gasteiger partial charge in [0, 0.05) is 19.5 Å². The van der Waals surface area contributed by atoms with Crippen LogP contribution >= 0.6 is 0 Å². The van der Waals surface area contributed by atoms with Gasteiger partial charge in [-0.25, -0.2) is 0 Å². The molecule has 4 nitrogen and oxygen atoms in total. The first-order chi connectivity index (χ1) is 9.26. The van der Waals surface area contributed by atoms with Gasteiger partial charge in [0.15, 0.2) is 0 Å². The van der Waals surface area contributed by atoms with Crippen molar-refractivity contribution in [3.8, 4) is 5.75 Å². The van der Waals surface area contributed by atoms with Gasteiger partial charge in [0.2, 0.25) is 0 Å². The summed E-state index contributed by atoms with van der Waals surface area (Å²) in [5.41, 5.74) is 1.15. The van der Waals surface area contributed by atoms with E-state index in [1.165, 1.54) is 0 Å². The van der Waals surface area contributed by atoms with E-state index in [4.69, 9.17) is 9.47 Å². The van der Waals surface area contributed by atoms with Gasteiger partial charge in [0.05, 0.1) is 7.11 Å². The molecular weight excluding hydrogens is 242 g/mol. The average Bonchev–Trinajstić information content (AvgIpc) is 2.45. The Morgan fingerprint density at radius 3 is 2.95 bits per heavy atom. The summed E-state index contributed by atoms with van der Waals surface area (Å²) in [7, 11) is 1.66. The van der Waals surface area contributed by atoms with Crippen LogP contribution in [0.25, 0.3) is 0 Å². The predicted molar refractivity (Wildman–Crippen MR) is 75.2 cm³/mol. The van der Waals surface area contributed by atoms with Gasteiger partial charge in [-0.2, -0.15) is 0 Å². The maximum absolute atomic E-state index is 11.3. The Bertz CT molecular complexity index is 379. The summed E-state index contributed by atoms with van der Waals surface area (Å²) >= 11 is 0. The van der Waals surface area contributed by atoms with E-state index in [0.29, 0.717) is 19.6 Å². The molecule has 0 aromatic heterocycles. The number of carbonyl (C=O) groups is 1. The smallest absolute Gasteiger partial charge is 0.305 e. The first-order valence-corrected chi connectivity index (χ1v) is 6.75. The Balaban J connectivity index is 2.11. The second kappa shape index (κ2) is 9.39. The molecule has 0 spiro atoms. The van der Waals surface area contributed by atoms with Crippen molar-refractivity contribution in [2.75, 3.05) is 20.3 Å². The average molecular weight is 265 g/mol. The van der Waals surface area contributed by atoms with Gasteiger partial charge in [-0.05, 0) is 24.1 Å². The van der Waals surface area contributed by atoms with E-state index in [1.807, 2.05) is 24.3 Å². The monoisotopic (exact) mass is 265 g/mol. The van der Waals surface area contributed by atoms with E-state index in [1.54, 1.807) is 7.11 Å². The highest BCUT2D eigenvalue weighted by molar-refractivity contribution is 5.69. The molecule has 19 heavy (non-hydrogen) atoms. The van der Waals surface area contributed by atoms with Gasteiger partial charge in [0.1, 0.15) is 12.4 Å². The van der Waals surface area contributed by atoms with Crippen molar-refractivity contribution in [2.24, 2.45) is 0 Å². The number of methoxy groups -OCH3 is 1. The molecule has 106 valence electrons. The number of hydrogen-bond donors (Lipinski definition) is 1.